The number of amides is 1. The van der Waals surface area contributed by atoms with Crippen LogP contribution in [-0.2, 0) is 4.79 Å². The SMILES string of the molecule is Cc1c(Br)cccc1NC(=O)CC(O)C(C)C. The van der Waals surface area contributed by atoms with Gasteiger partial charge in [0.1, 0.15) is 0 Å². The molecule has 2 N–H and O–H groups in total. The van der Waals surface area contributed by atoms with Crippen LogP contribution in [0, 0.1) is 12.8 Å². The predicted molar refractivity (Wildman–Crippen MR) is 73.0 cm³/mol. The molecule has 0 aliphatic carbocycles. The van der Waals surface area contributed by atoms with Crippen molar-refractivity contribution in [1.82, 2.24) is 0 Å². The summed E-state index contributed by atoms with van der Waals surface area (Å²) < 4.78 is 0.958. The fraction of sp³-hybridized carbons (Fsp3) is 0.462. The number of carbonyl (C=O) groups is 1. The fourth-order valence-corrected chi connectivity index (χ4v) is 1.74. The zero-order valence-electron chi connectivity index (χ0n) is 10.3. The van der Waals surface area contributed by atoms with Crippen LogP contribution in [0.15, 0.2) is 22.7 Å². The first-order chi connectivity index (χ1) is 7.91. The van der Waals surface area contributed by atoms with Crippen molar-refractivity contribution in [3.8, 4) is 0 Å². The van der Waals surface area contributed by atoms with Crippen LogP contribution < -0.4 is 5.32 Å². The van der Waals surface area contributed by atoms with E-state index in [-0.39, 0.29) is 18.2 Å². The summed E-state index contributed by atoms with van der Waals surface area (Å²) in [5.41, 5.74) is 1.76. The van der Waals surface area contributed by atoms with E-state index < -0.39 is 6.10 Å². The molecule has 1 aromatic rings. The lowest BCUT2D eigenvalue weighted by Crippen LogP contribution is -2.23. The molecular weight excluding hydrogens is 282 g/mol. The molecule has 1 aromatic carbocycles. The van der Waals surface area contributed by atoms with Gasteiger partial charge in [-0.15, -0.1) is 0 Å². The van der Waals surface area contributed by atoms with Gasteiger partial charge in [0.2, 0.25) is 5.91 Å². The average Bonchev–Trinajstić information content (AvgIpc) is 2.24. The zero-order valence-corrected chi connectivity index (χ0v) is 11.9. The van der Waals surface area contributed by atoms with Crippen LogP contribution in [0.4, 0.5) is 5.69 Å². The third-order valence-corrected chi connectivity index (χ3v) is 3.56. The third kappa shape index (κ3) is 4.13. The maximum atomic E-state index is 11.7. The Hall–Kier alpha value is -0.870. The van der Waals surface area contributed by atoms with Gasteiger partial charge in [-0.3, -0.25) is 4.79 Å². The van der Waals surface area contributed by atoms with Gasteiger partial charge in [0.15, 0.2) is 0 Å². The van der Waals surface area contributed by atoms with Gasteiger partial charge in [0, 0.05) is 10.2 Å². The lowest BCUT2D eigenvalue weighted by atomic mass is 10.0. The van der Waals surface area contributed by atoms with Crippen molar-refractivity contribution in [1.29, 1.82) is 0 Å². The monoisotopic (exact) mass is 299 g/mol. The van der Waals surface area contributed by atoms with Crippen LogP contribution in [0.1, 0.15) is 25.8 Å². The highest BCUT2D eigenvalue weighted by atomic mass is 79.9. The lowest BCUT2D eigenvalue weighted by molar-refractivity contribution is -0.118. The maximum absolute atomic E-state index is 11.7. The number of carbonyl (C=O) groups excluding carboxylic acids is 1. The summed E-state index contributed by atoms with van der Waals surface area (Å²) in [6.45, 7) is 5.71. The minimum Gasteiger partial charge on any atom is -0.392 e. The van der Waals surface area contributed by atoms with Gasteiger partial charge in [-0.05, 0) is 30.5 Å². The largest absolute Gasteiger partial charge is 0.392 e. The van der Waals surface area contributed by atoms with Crippen molar-refractivity contribution in [3.05, 3.63) is 28.2 Å². The highest BCUT2D eigenvalue weighted by molar-refractivity contribution is 9.10. The molecule has 0 aromatic heterocycles. The molecule has 1 unspecified atom stereocenters. The molecule has 94 valence electrons. The van der Waals surface area contributed by atoms with E-state index in [9.17, 15) is 9.90 Å². The van der Waals surface area contributed by atoms with Gasteiger partial charge in [0.05, 0.1) is 12.5 Å². The Labute approximate surface area is 110 Å². The molecule has 0 radical (unpaired) electrons. The second kappa shape index (κ2) is 6.17. The van der Waals surface area contributed by atoms with Crippen molar-refractivity contribution in [2.24, 2.45) is 5.92 Å². The summed E-state index contributed by atoms with van der Waals surface area (Å²) >= 11 is 3.41. The van der Waals surface area contributed by atoms with Crippen molar-refractivity contribution >= 4 is 27.5 Å². The van der Waals surface area contributed by atoms with Gasteiger partial charge in [0.25, 0.3) is 0 Å². The minimum absolute atomic E-state index is 0.0874. The number of aliphatic hydroxyl groups excluding tert-OH is 1. The van der Waals surface area contributed by atoms with Gasteiger partial charge >= 0.3 is 0 Å². The number of nitrogens with one attached hydrogen (secondary N) is 1. The number of halogens is 1. The molecule has 0 spiro atoms. The second-order valence-electron chi connectivity index (χ2n) is 4.48. The van der Waals surface area contributed by atoms with Gasteiger partial charge in [-0.25, -0.2) is 0 Å². The van der Waals surface area contributed by atoms with Gasteiger partial charge in [-0.1, -0.05) is 35.8 Å². The first-order valence-electron chi connectivity index (χ1n) is 5.65. The second-order valence-corrected chi connectivity index (χ2v) is 5.33. The van der Waals surface area contributed by atoms with Crippen molar-refractivity contribution in [2.75, 3.05) is 5.32 Å². The van der Waals surface area contributed by atoms with E-state index in [4.69, 9.17) is 0 Å². The number of aliphatic hydroxyl groups is 1. The van der Waals surface area contributed by atoms with Crippen molar-refractivity contribution in [3.63, 3.8) is 0 Å². The quantitative estimate of drug-likeness (QED) is 0.897. The van der Waals surface area contributed by atoms with E-state index in [1.165, 1.54) is 0 Å². The molecule has 0 saturated heterocycles. The third-order valence-electron chi connectivity index (χ3n) is 2.71. The first-order valence-corrected chi connectivity index (χ1v) is 6.44. The molecule has 0 fully saturated rings. The highest BCUT2D eigenvalue weighted by Gasteiger charge is 2.15. The molecule has 1 rings (SSSR count). The number of hydrogen-bond donors (Lipinski definition) is 2. The molecule has 4 heteroatoms. The Kier molecular flexibility index (Phi) is 5.15. The topological polar surface area (TPSA) is 49.3 Å². The van der Waals surface area contributed by atoms with Gasteiger partial charge in [-0.2, -0.15) is 0 Å². The average molecular weight is 300 g/mol. The van der Waals surface area contributed by atoms with Crippen LogP contribution in [0.2, 0.25) is 0 Å². The van der Waals surface area contributed by atoms with E-state index in [1.54, 1.807) is 0 Å². The van der Waals surface area contributed by atoms with Crippen LogP contribution >= 0.6 is 15.9 Å². The van der Waals surface area contributed by atoms with Crippen LogP contribution in [0.5, 0.6) is 0 Å². The number of anilines is 1. The predicted octanol–water partition coefficient (Wildman–Crippen LogP) is 3.10. The fourth-order valence-electron chi connectivity index (χ4n) is 1.37. The molecule has 0 aliphatic rings. The van der Waals surface area contributed by atoms with Crippen molar-refractivity contribution < 1.29 is 9.90 Å². The summed E-state index contributed by atoms with van der Waals surface area (Å²) in [4.78, 5) is 11.7. The zero-order chi connectivity index (χ0) is 13.0. The number of benzene rings is 1. The Balaban J connectivity index is 2.66. The van der Waals surface area contributed by atoms with E-state index in [2.05, 4.69) is 21.2 Å². The molecular formula is C13H18BrNO2. The normalized spacial score (nSPS) is 12.6. The Bertz CT molecular complexity index is 404. The van der Waals surface area contributed by atoms with Crippen LogP contribution in [0.3, 0.4) is 0 Å². The summed E-state index contributed by atoms with van der Waals surface area (Å²) in [6.07, 6.45) is -0.466. The molecule has 0 saturated carbocycles. The molecule has 0 aliphatic heterocycles. The smallest absolute Gasteiger partial charge is 0.226 e. The van der Waals surface area contributed by atoms with Crippen molar-refractivity contribution in [2.45, 2.75) is 33.3 Å². The van der Waals surface area contributed by atoms with E-state index >= 15 is 0 Å². The Morgan fingerprint density at radius 2 is 2.12 bits per heavy atom. The molecule has 0 heterocycles. The summed E-state index contributed by atoms with van der Waals surface area (Å²) in [7, 11) is 0. The number of rotatable bonds is 4. The van der Waals surface area contributed by atoms with E-state index in [1.807, 2.05) is 39.0 Å². The summed E-state index contributed by atoms with van der Waals surface area (Å²) in [5, 5.41) is 12.4. The molecule has 0 bridgehead atoms. The molecule has 17 heavy (non-hydrogen) atoms. The Morgan fingerprint density at radius 1 is 1.47 bits per heavy atom. The van der Waals surface area contributed by atoms with E-state index in [0.717, 1.165) is 15.7 Å². The first kappa shape index (κ1) is 14.2. The number of hydrogen-bond acceptors (Lipinski definition) is 2. The summed E-state index contributed by atoms with van der Waals surface area (Å²) in [6, 6.07) is 5.64. The maximum Gasteiger partial charge on any atom is 0.226 e. The lowest BCUT2D eigenvalue weighted by Gasteiger charge is -2.15. The Morgan fingerprint density at radius 3 is 2.71 bits per heavy atom. The standard InChI is InChI=1S/C13H18BrNO2/c1-8(2)12(16)7-13(17)15-11-6-4-5-10(14)9(11)3/h4-6,8,12,16H,7H2,1-3H3,(H,15,17). The van der Waals surface area contributed by atoms with Crippen LogP contribution in [0.25, 0.3) is 0 Å². The summed E-state index contributed by atoms with van der Waals surface area (Å²) in [5.74, 6) is -0.0724. The minimum atomic E-state index is -0.595. The molecule has 3 nitrogen and oxygen atoms in total. The van der Waals surface area contributed by atoms with E-state index in [0.29, 0.717) is 0 Å². The highest BCUT2D eigenvalue weighted by Crippen LogP contribution is 2.23. The molecule has 1 atom stereocenters. The van der Waals surface area contributed by atoms with Crippen LogP contribution in [-0.4, -0.2) is 17.1 Å². The molecule has 1 amide bonds. The van der Waals surface area contributed by atoms with Gasteiger partial charge < -0.3 is 10.4 Å².